The summed E-state index contributed by atoms with van der Waals surface area (Å²) in [4.78, 5) is 5.62. The standard InChI is InChI=1S/C9H12ClFN2/c1-7(10)6-13(2)9-8(11)4-3-5-12-9/h3-5,7H,6H2,1-2H3. The van der Waals surface area contributed by atoms with Gasteiger partial charge in [-0.1, -0.05) is 0 Å². The monoisotopic (exact) mass is 202 g/mol. The molecule has 1 aromatic rings. The Morgan fingerprint density at radius 3 is 2.92 bits per heavy atom. The van der Waals surface area contributed by atoms with Crippen LogP contribution in [-0.4, -0.2) is 24.0 Å². The number of nitrogens with zero attached hydrogens (tertiary/aromatic N) is 2. The van der Waals surface area contributed by atoms with Crippen LogP contribution in [0, 0.1) is 5.82 Å². The molecule has 0 spiro atoms. The molecule has 13 heavy (non-hydrogen) atoms. The van der Waals surface area contributed by atoms with Crippen LogP contribution in [0.2, 0.25) is 0 Å². The molecule has 0 amide bonds. The van der Waals surface area contributed by atoms with Gasteiger partial charge in [-0.3, -0.25) is 0 Å². The molecule has 1 unspecified atom stereocenters. The van der Waals surface area contributed by atoms with Crippen molar-refractivity contribution in [2.24, 2.45) is 0 Å². The summed E-state index contributed by atoms with van der Waals surface area (Å²) in [6.45, 7) is 2.44. The van der Waals surface area contributed by atoms with Gasteiger partial charge in [0.2, 0.25) is 0 Å². The summed E-state index contributed by atoms with van der Waals surface area (Å²) in [5.74, 6) is 0.0253. The van der Waals surface area contributed by atoms with Crippen LogP contribution in [0.15, 0.2) is 18.3 Å². The van der Waals surface area contributed by atoms with Gasteiger partial charge in [-0.2, -0.15) is 0 Å². The Hall–Kier alpha value is -0.830. The van der Waals surface area contributed by atoms with E-state index in [4.69, 9.17) is 11.6 Å². The summed E-state index contributed by atoms with van der Waals surface area (Å²) in [5.41, 5.74) is 0. The number of hydrogen-bond acceptors (Lipinski definition) is 2. The van der Waals surface area contributed by atoms with E-state index in [1.807, 2.05) is 6.92 Å². The number of anilines is 1. The molecule has 0 aliphatic heterocycles. The van der Waals surface area contributed by atoms with Crippen LogP contribution in [0.25, 0.3) is 0 Å². The van der Waals surface area contributed by atoms with Gasteiger partial charge in [0.1, 0.15) is 0 Å². The first-order chi connectivity index (χ1) is 6.11. The predicted octanol–water partition coefficient (Wildman–Crippen LogP) is 2.28. The van der Waals surface area contributed by atoms with E-state index in [9.17, 15) is 4.39 Å². The SMILES string of the molecule is CC(Cl)CN(C)c1ncccc1F. The molecule has 1 atom stereocenters. The van der Waals surface area contributed by atoms with Gasteiger partial charge in [-0.25, -0.2) is 9.37 Å². The van der Waals surface area contributed by atoms with Crippen molar-refractivity contribution < 1.29 is 4.39 Å². The van der Waals surface area contributed by atoms with Crippen molar-refractivity contribution >= 4 is 17.4 Å². The first-order valence-electron chi connectivity index (χ1n) is 4.07. The first kappa shape index (κ1) is 10.3. The second-order valence-corrected chi connectivity index (χ2v) is 3.72. The minimum atomic E-state index is -0.317. The van der Waals surface area contributed by atoms with E-state index < -0.39 is 0 Å². The normalized spacial score (nSPS) is 12.6. The van der Waals surface area contributed by atoms with E-state index in [1.54, 1.807) is 24.2 Å². The minimum absolute atomic E-state index is 0.0218. The smallest absolute Gasteiger partial charge is 0.165 e. The molecule has 0 bridgehead atoms. The van der Waals surface area contributed by atoms with Gasteiger partial charge in [-0.05, 0) is 19.1 Å². The number of alkyl halides is 1. The van der Waals surface area contributed by atoms with Crippen molar-refractivity contribution in [2.75, 3.05) is 18.5 Å². The third kappa shape index (κ3) is 2.84. The largest absolute Gasteiger partial charge is 0.356 e. The third-order valence-corrected chi connectivity index (χ3v) is 1.76. The highest BCUT2D eigenvalue weighted by molar-refractivity contribution is 6.20. The van der Waals surface area contributed by atoms with Crippen LogP contribution in [0.3, 0.4) is 0 Å². The molecular weight excluding hydrogens is 191 g/mol. The molecular formula is C9H12ClFN2. The summed E-state index contributed by atoms with van der Waals surface area (Å²) in [6.07, 6.45) is 1.56. The molecule has 0 aliphatic rings. The summed E-state index contributed by atoms with van der Waals surface area (Å²) >= 11 is 5.78. The average Bonchev–Trinajstić information content (AvgIpc) is 2.03. The summed E-state index contributed by atoms with van der Waals surface area (Å²) in [7, 11) is 1.77. The van der Waals surface area contributed by atoms with Crippen LogP contribution in [0.5, 0.6) is 0 Å². The zero-order valence-corrected chi connectivity index (χ0v) is 8.42. The maximum Gasteiger partial charge on any atom is 0.165 e. The number of halogens is 2. The van der Waals surface area contributed by atoms with Crippen molar-refractivity contribution in [2.45, 2.75) is 12.3 Å². The fourth-order valence-electron chi connectivity index (χ4n) is 1.12. The molecule has 0 radical (unpaired) electrons. The number of hydrogen-bond donors (Lipinski definition) is 0. The van der Waals surface area contributed by atoms with Crippen LogP contribution in [-0.2, 0) is 0 Å². The van der Waals surface area contributed by atoms with Gasteiger partial charge >= 0.3 is 0 Å². The van der Waals surface area contributed by atoms with E-state index in [-0.39, 0.29) is 11.2 Å². The Morgan fingerprint density at radius 1 is 1.69 bits per heavy atom. The lowest BCUT2D eigenvalue weighted by atomic mass is 10.4. The summed E-state index contributed by atoms with van der Waals surface area (Å²) in [5, 5.41) is -0.0218. The number of rotatable bonds is 3. The lowest BCUT2D eigenvalue weighted by Gasteiger charge is -2.19. The molecule has 1 heterocycles. The number of pyridine rings is 1. The van der Waals surface area contributed by atoms with Crippen LogP contribution in [0.1, 0.15) is 6.92 Å². The number of aromatic nitrogens is 1. The molecule has 2 nitrogen and oxygen atoms in total. The summed E-state index contributed by atoms with van der Waals surface area (Å²) in [6, 6.07) is 2.95. The lowest BCUT2D eigenvalue weighted by Crippen LogP contribution is -2.25. The van der Waals surface area contributed by atoms with E-state index in [1.165, 1.54) is 6.07 Å². The second kappa shape index (κ2) is 4.42. The Bertz CT molecular complexity index is 278. The minimum Gasteiger partial charge on any atom is -0.356 e. The molecule has 72 valence electrons. The van der Waals surface area contributed by atoms with Crippen molar-refractivity contribution in [1.29, 1.82) is 0 Å². The molecule has 0 aliphatic carbocycles. The van der Waals surface area contributed by atoms with Crippen molar-refractivity contribution in [1.82, 2.24) is 4.98 Å². The topological polar surface area (TPSA) is 16.1 Å². The van der Waals surface area contributed by atoms with Crippen LogP contribution >= 0.6 is 11.6 Å². The molecule has 1 aromatic heterocycles. The molecule has 0 saturated carbocycles. The maximum atomic E-state index is 13.1. The molecule has 4 heteroatoms. The first-order valence-corrected chi connectivity index (χ1v) is 4.50. The summed E-state index contributed by atoms with van der Waals surface area (Å²) < 4.78 is 13.1. The van der Waals surface area contributed by atoms with Gasteiger partial charge < -0.3 is 4.90 Å². The third-order valence-electron chi connectivity index (χ3n) is 1.63. The van der Waals surface area contributed by atoms with Crippen molar-refractivity contribution in [3.8, 4) is 0 Å². The Labute approximate surface area is 82.3 Å². The second-order valence-electron chi connectivity index (χ2n) is 2.97. The molecule has 0 aromatic carbocycles. The highest BCUT2D eigenvalue weighted by Gasteiger charge is 2.09. The van der Waals surface area contributed by atoms with E-state index in [0.717, 1.165) is 0 Å². The van der Waals surface area contributed by atoms with Crippen LogP contribution < -0.4 is 4.90 Å². The fourth-order valence-corrected chi connectivity index (χ4v) is 1.33. The quantitative estimate of drug-likeness (QED) is 0.700. The lowest BCUT2D eigenvalue weighted by molar-refractivity contribution is 0.614. The van der Waals surface area contributed by atoms with Gasteiger partial charge in [0.25, 0.3) is 0 Å². The maximum absolute atomic E-state index is 13.1. The Morgan fingerprint density at radius 2 is 2.38 bits per heavy atom. The Balaban J connectivity index is 2.76. The van der Waals surface area contributed by atoms with Gasteiger partial charge in [0, 0.05) is 25.2 Å². The van der Waals surface area contributed by atoms with Crippen molar-refractivity contribution in [3.05, 3.63) is 24.1 Å². The highest BCUT2D eigenvalue weighted by atomic mass is 35.5. The Kier molecular flexibility index (Phi) is 3.48. The predicted molar refractivity (Wildman–Crippen MR) is 52.8 cm³/mol. The zero-order valence-electron chi connectivity index (χ0n) is 7.67. The average molecular weight is 203 g/mol. The van der Waals surface area contributed by atoms with Crippen LogP contribution in [0.4, 0.5) is 10.2 Å². The van der Waals surface area contributed by atoms with E-state index in [0.29, 0.717) is 12.4 Å². The van der Waals surface area contributed by atoms with E-state index in [2.05, 4.69) is 4.98 Å². The van der Waals surface area contributed by atoms with Gasteiger partial charge in [0.15, 0.2) is 11.6 Å². The molecule has 0 fully saturated rings. The molecule has 1 rings (SSSR count). The zero-order chi connectivity index (χ0) is 9.84. The highest BCUT2D eigenvalue weighted by Crippen LogP contribution is 2.14. The fraction of sp³-hybridized carbons (Fsp3) is 0.444. The molecule has 0 saturated heterocycles. The van der Waals surface area contributed by atoms with E-state index >= 15 is 0 Å². The van der Waals surface area contributed by atoms with Crippen molar-refractivity contribution in [3.63, 3.8) is 0 Å². The molecule has 0 N–H and O–H groups in total. The van der Waals surface area contributed by atoms with Gasteiger partial charge in [-0.15, -0.1) is 11.6 Å². The van der Waals surface area contributed by atoms with Gasteiger partial charge in [0.05, 0.1) is 0 Å².